The van der Waals surface area contributed by atoms with Crippen LogP contribution >= 0.6 is 0 Å². The van der Waals surface area contributed by atoms with E-state index in [1.54, 1.807) is 0 Å². The van der Waals surface area contributed by atoms with Gasteiger partial charge >= 0.3 is 5.69 Å². The molecule has 0 aliphatic rings. The van der Waals surface area contributed by atoms with E-state index in [-0.39, 0.29) is 12.5 Å². The SMILES string of the molecule is CCc1cccc(CC)c1NC(=O)Cn1ncc(-c2ccc(C)cc2)nc1=O. The number of nitrogens with one attached hydrogen (secondary N) is 1. The second-order valence-corrected chi connectivity index (χ2v) is 6.65. The van der Waals surface area contributed by atoms with Gasteiger partial charge in [0, 0.05) is 11.3 Å². The summed E-state index contributed by atoms with van der Waals surface area (Å²) in [4.78, 5) is 28.9. The fourth-order valence-corrected chi connectivity index (χ4v) is 3.05. The molecule has 6 nitrogen and oxygen atoms in total. The van der Waals surface area contributed by atoms with E-state index in [2.05, 4.69) is 15.4 Å². The summed E-state index contributed by atoms with van der Waals surface area (Å²) in [5, 5.41) is 7.07. The number of carbonyl (C=O) groups excluding carboxylic acids is 1. The summed E-state index contributed by atoms with van der Waals surface area (Å²) in [7, 11) is 0. The molecule has 0 saturated heterocycles. The van der Waals surface area contributed by atoms with Crippen molar-refractivity contribution >= 4 is 11.6 Å². The maximum absolute atomic E-state index is 12.5. The molecule has 0 atom stereocenters. The highest BCUT2D eigenvalue weighted by Gasteiger charge is 2.12. The predicted molar refractivity (Wildman–Crippen MR) is 110 cm³/mol. The normalized spacial score (nSPS) is 10.7. The smallest absolute Gasteiger partial charge is 0.324 e. The molecule has 1 N–H and O–H groups in total. The van der Waals surface area contributed by atoms with Crippen molar-refractivity contribution in [1.29, 1.82) is 0 Å². The maximum atomic E-state index is 12.5. The molecule has 3 aromatic rings. The van der Waals surface area contributed by atoms with E-state index >= 15 is 0 Å². The fourth-order valence-electron chi connectivity index (χ4n) is 3.05. The number of aromatic nitrogens is 3. The lowest BCUT2D eigenvalue weighted by molar-refractivity contribution is -0.117. The van der Waals surface area contributed by atoms with Gasteiger partial charge in [0.1, 0.15) is 6.54 Å². The van der Waals surface area contributed by atoms with Crippen LogP contribution in [0.25, 0.3) is 11.3 Å². The lowest BCUT2D eigenvalue weighted by atomic mass is 10.0. The first-order chi connectivity index (χ1) is 13.5. The molecular weight excluding hydrogens is 352 g/mol. The number of hydrogen-bond donors (Lipinski definition) is 1. The van der Waals surface area contributed by atoms with Crippen molar-refractivity contribution in [2.45, 2.75) is 40.2 Å². The van der Waals surface area contributed by atoms with Crippen LogP contribution in [-0.2, 0) is 24.2 Å². The summed E-state index contributed by atoms with van der Waals surface area (Å²) in [5.74, 6) is -0.296. The van der Waals surface area contributed by atoms with Gasteiger partial charge < -0.3 is 5.32 Å². The Morgan fingerprint density at radius 3 is 2.25 bits per heavy atom. The summed E-state index contributed by atoms with van der Waals surface area (Å²) < 4.78 is 1.08. The topological polar surface area (TPSA) is 76.9 Å². The van der Waals surface area contributed by atoms with Crippen molar-refractivity contribution in [3.05, 3.63) is 75.8 Å². The number of rotatable bonds is 6. The number of benzene rings is 2. The van der Waals surface area contributed by atoms with Gasteiger partial charge in [0.25, 0.3) is 0 Å². The Labute approximate surface area is 164 Å². The van der Waals surface area contributed by atoms with Crippen molar-refractivity contribution in [1.82, 2.24) is 14.8 Å². The van der Waals surface area contributed by atoms with Crippen LogP contribution in [0.5, 0.6) is 0 Å². The maximum Gasteiger partial charge on any atom is 0.365 e. The first kappa shape index (κ1) is 19.5. The third-order valence-electron chi connectivity index (χ3n) is 4.66. The van der Waals surface area contributed by atoms with Crippen molar-refractivity contribution in [3.8, 4) is 11.3 Å². The lowest BCUT2D eigenvalue weighted by Crippen LogP contribution is -2.31. The molecule has 6 heteroatoms. The van der Waals surface area contributed by atoms with Gasteiger partial charge in [-0.1, -0.05) is 61.9 Å². The number of anilines is 1. The second-order valence-electron chi connectivity index (χ2n) is 6.65. The third kappa shape index (κ3) is 4.34. The van der Waals surface area contributed by atoms with Gasteiger partial charge in [0.15, 0.2) is 0 Å². The van der Waals surface area contributed by atoms with Crippen LogP contribution in [0.4, 0.5) is 5.69 Å². The average Bonchev–Trinajstić information content (AvgIpc) is 2.70. The lowest BCUT2D eigenvalue weighted by Gasteiger charge is -2.14. The van der Waals surface area contributed by atoms with Crippen molar-refractivity contribution in [2.24, 2.45) is 0 Å². The average molecular weight is 376 g/mol. The van der Waals surface area contributed by atoms with E-state index in [0.717, 1.165) is 45.5 Å². The van der Waals surface area contributed by atoms with E-state index in [9.17, 15) is 9.59 Å². The zero-order chi connectivity index (χ0) is 20.1. The summed E-state index contributed by atoms with van der Waals surface area (Å²) >= 11 is 0. The quantitative estimate of drug-likeness (QED) is 0.715. The zero-order valence-electron chi connectivity index (χ0n) is 16.4. The fraction of sp³-hybridized carbons (Fsp3) is 0.273. The second kappa shape index (κ2) is 8.61. The molecule has 0 aliphatic carbocycles. The Bertz CT molecular complexity index is 1020. The number of carbonyl (C=O) groups is 1. The van der Waals surface area contributed by atoms with E-state index in [1.807, 2.05) is 63.2 Å². The molecule has 1 heterocycles. The standard InChI is InChI=1S/C22H24N4O2/c1-4-16-7-6-8-17(5-2)21(16)25-20(27)14-26-22(28)24-19(13-23-26)18-11-9-15(3)10-12-18/h6-13H,4-5,14H2,1-3H3,(H,25,27). The van der Waals surface area contributed by atoms with Gasteiger partial charge in [-0.05, 0) is 30.9 Å². The molecule has 1 amide bonds. The zero-order valence-corrected chi connectivity index (χ0v) is 16.4. The van der Waals surface area contributed by atoms with Gasteiger partial charge in [-0.2, -0.15) is 10.1 Å². The van der Waals surface area contributed by atoms with Gasteiger partial charge in [0.2, 0.25) is 5.91 Å². The molecule has 3 rings (SSSR count). The number of hydrogen-bond acceptors (Lipinski definition) is 4. The monoisotopic (exact) mass is 376 g/mol. The Kier molecular flexibility index (Phi) is 5.99. The van der Waals surface area contributed by atoms with Gasteiger partial charge in [-0.15, -0.1) is 0 Å². The van der Waals surface area contributed by atoms with Gasteiger partial charge in [-0.3, -0.25) is 4.79 Å². The molecule has 2 aromatic carbocycles. The molecule has 1 aromatic heterocycles. The highest BCUT2D eigenvalue weighted by Crippen LogP contribution is 2.22. The summed E-state index contributed by atoms with van der Waals surface area (Å²) in [6, 6.07) is 13.7. The van der Waals surface area contributed by atoms with Crippen LogP contribution in [0.3, 0.4) is 0 Å². The Morgan fingerprint density at radius 1 is 1.04 bits per heavy atom. The summed E-state index contributed by atoms with van der Waals surface area (Å²) in [6.45, 7) is 5.91. The minimum absolute atomic E-state index is 0.179. The Balaban J connectivity index is 1.78. The highest BCUT2D eigenvalue weighted by atomic mass is 16.2. The van der Waals surface area contributed by atoms with Crippen LogP contribution in [0, 0.1) is 6.92 Å². The van der Waals surface area contributed by atoms with Gasteiger partial charge in [0.05, 0.1) is 11.9 Å². The number of nitrogens with zero attached hydrogens (tertiary/aromatic N) is 3. The van der Waals surface area contributed by atoms with Crippen molar-refractivity contribution in [3.63, 3.8) is 0 Å². The molecule has 28 heavy (non-hydrogen) atoms. The summed E-state index contributed by atoms with van der Waals surface area (Å²) in [5.41, 5.74) is 4.85. The molecule has 0 bridgehead atoms. The number of amides is 1. The Morgan fingerprint density at radius 2 is 1.68 bits per heavy atom. The minimum atomic E-state index is -0.548. The molecule has 0 saturated carbocycles. The molecule has 0 aliphatic heterocycles. The van der Waals surface area contributed by atoms with E-state index in [0.29, 0.717) is 5.69 Å². The molecule has 144 valence electrons. The molecule has 0 unspecified atom stereocenters. The van der Waals surface area contributed by atoms with Crippen molar-refractivity contribution < 1.29 is 4.79 Å². The highest BCUT2D eigenvalue weighted by molar-refractivity contribution is 5.92. The Hall–Kier alpha value is -3.28. The molecule has 0 fully saturated rings. The van der Waals surface area contributed by atoms with Crippen LogP contribution in [-0.4, -0.2) is 20.7 Å². The van der Waals surface area contributed by atoms with Crippen LogP contribution < -0.4 is 11.0 Å². The minimum Gasteiger partial charge on any atom is -0.324 e. The first-order valence-corrected chi connectivity index (χ1v) is 9.43. The van der Waals surface area contributed by atoms with Crippen LogP contribution in [0.15, 0.2) is 53.5 Å². The summed E-state index contributed by atoms with van der Waals surface area (Å²) in [6.07, 6.45) is 3.14. The van der Waals surface area contributed by atoms with E-state index < -0.39 is 5.69 Å². The first-order valence-electron chi connectivity index (χ1n) is 9.43. The predicted octanol–water partition coefficient (Wildman–Crippen LogP) is 3.38. The number of para-hydroxylation sites is 1. The van der Waals surface area contributed by atoms with Gasteiger partial charge in [-0.25, -0.2) is 9.48 Å². The van der Waals surface area contributed by atoms with E-state index in [1.165, 1.54) is 6.20 Å². The molecule has 0 radical (unpaired) electrons. The number of aryl methyl sites for hydroxylation is 3. The molecule has 0 spiro atoms. The van der Waals surface area contributed by atoms with Crippen LogP contribution in [0.1, 0.15) is 30.5 Å². The largest absolute Gasteiger partial charge is 0.365 e. The third-order valence-corrected chi connectivity index (χ3v) is 4.66. The van der Waals surface area contributed by atoms with Crippen molar-refractivity contribution in [2.75, 3.05) is 5.32 Å². The van der Waals surface area contributed by atoms with E-state index in [4.69, 9.17) is 0 Å². The van der Waals surface area contributed by atoms with Crippen LogP contribution in [0.2, 0.25) is 0 Å². The molecular formula is C22H24N4O2.